The first-order chi connectivity index (χ1) is 10.6. The van der Waals surface area contributed by atoms with Crippen molar-refractivity contribution in [2.45, 2.75) is 18.9 Å². The summed E-state index contributed by atoms with van der Waals surface area (Å²) in [6.07, 6.45) is 3.32. The van der Waals surface area contributed by atoms with Gasteiger partial charge in [-0.05, 0) is 25.5 Å². The van der Waals surface area contributed by atoms with Crippen LogP contribution >= 0.6 is 24.8 Å². The van der Waals surface area contributed by atoms with E-state index in [1.165, 1.54) is 23.9 Å². The van der Waals surface area contributed by atoms with Gasteiger partial charge in [-0.3, -0.25) is 19.1 Å². The number of carbonyl (C=O) groups is 1. The molecule has 1 aliphatic heterocycles. The minimum atomic E-state index is -0.542. The second-order valence-corrected chi connectivity index (χ2v) is 5.43. The summed E-state index contributed by atoms with van der Waals surface area (Å²) >= 11 is 0. The summed E-state index contributed by atoms with van der Waals surface area (Å²) in [5, 5.41) is 6.36. The van der Waals surface area contributed by atoms with Gasteiger partial charge in [-0.2, -0.15) is 0 Å². The van der Waals surface area contributed by atoms with Gasteiger partial charge in [0.25, 0.3) is 11.5 Å². The number of halogens is 2. The van der Waals surface area contributed by atoms with Crippen LogP contribution in [0, 0.1) is 0 Å². The maximum Gasteiger partial charge on any atom is 0.329 e. The maximum absolute atomic E-state index is 12.3. The van der Waals surface area contributed by atoms with Crippen LogP contribution in [-0.2, 0) is 7.05 Å². The number of carbonyl (C=O) groups excluding carboxylic acids is 1. The summed E-state index contributed by atoms with van der Waals surface area (Å²) < 4.78 is 1.24. The van der Waals surface area contributed by atoms with Gasteiger partial charge in [0.1, 0.15) is 5.65 Å². The summed E-state index contributed by atoms with van der Waals surface area (Å²) in [5.74, 6) is -0.267. The predicted octanol–water partition coefficient (Wildman–Crippen LogP) is -0.0528. The summed E-state index contributed by atoms with van der Waals surface area (Å²) in [6.45, 7) is 1.70. The standard InChI is InChI=1S/C14H17N5O3.2ClH/c1-19-11-10(13(21)18-14(19)22)5-8(6-16-11)12(20)17-9-3-2-4-15-7-9;;/h5-6,9,15H,2-4,7H2,1H3,(H,17,20)(H,18,21,22);2*1H/t9-;;/m0../s1. The zero-order chi connectivity index (χ0) is 15.7. The number of hydrogen-bond acceptors (Lipinski definition) is 5. The highest BCUT2D eigenvalue weighted by Gasteiger charge is 2.17. The van der Waals surface area contributed by atoms with Crippen LogP contribution in [0.25, 0.3) is 11.0 Å². The molecular formula is C14H19Cl2N5O3. The molecule has 1 amide bonds. The number of aromatic amines is 1. The van der Waals surface area contributed by atoms with Crippen molar-refractivity contribution in [1.29, 1.82) is 0 Å². The van der Waals surface area contributed by atoms with Crippen LogP contribution in [0.1, 0.15) is 23.2 Å². The van der Waals surface area contributed by atoms with Crippen LogP contribution in [-0.4, -0.2) is 39.6 Å². The summed E-state index contributed by atoms with van der Waals surface area (Å²) in [7, 11) is 1.51. The number of piperidine rings is 1. The summed E-state index contributed by atoms with van der Waals surface area (Å²) in [4.78, 5) is 41.9. The average molecular weight is 376 g/mol. The van der Waals surface area contributed by atoms with Gasteiger partial charge < -0.3 is 10.6 Å². The van der Waals surface area contributed by atoms with Crippen LogP contribution in [0.4, 0.5) is 0 Å². The fourth-order valence-electron chi connectivity index (χ4n) is 2.60. The van der Waals surface area contributed by atoms with Crippen LogP contribution in [0.5, 0.6) is 0 Å². The van der Waals surface area contributed by atoms with E-state index in [-0.39, 0.29) is 47.8 Å². The molecule has 0 aromatic carbocycles. The third kappa shape index (κ3) is 3.95. The lowest BCUT2D eigenvalue weighted by molar-refractivity contribution is 0.0930. The lowest BCUT2D eigenvalue weighted by atomic mass is 10.1. The van der Waals surface area contributed by atoms with Gasteiger partial charge in [0, 0.05) is 25.8 Å². The molecule has 0 aliphatic carbocycles. The van der Waals surface area contributed by atoms with Gasteiger partial charge in [-0.15, -0.1) is 24.8 Å². The van der Waals surface area contributed by atoms with E-state index in [1.54, 1.807) is 0 Å². The van der Waals surface area contributed by atoms with Crippen molar-refractivity contribution < 1.29 is 4.79 Å². The van der Waals surface area contributed by atoms with Crippen LogP contribution in [0.2, 0.25) is 0 Å². The lowest BCUT2D eigenvalue weighted by Gasteiger charge is -2.23. The number of aryl methyl sites for hydroxylation is 1. The van der Waals surface area contributed by atoms with Gasteiger partial charge in [0.05, 0.1) is 10.9 Å². The largest absolute Gasteiger partial charge is 0.348 e. The van der Waals surface area contributed by atoms with Crippen molar-refractivity contribution in [3.63, 3.8) is 0 Å². The predicted molar refractivity (Wildman–Crippen MR) is 95.5 cm³/mol. The first-order valence-electron chi connectivity index (χ1n) is 7.17. The van der Waals surface area contributed by atoms with Crippen molar-refractivity contribution in [2.24, 2.45) is 7.05 Å². The fourth-order valence-corrected chi connectivity index (χ4v) is 2.60. The topological polar surface area (TPSA) is 109 Å². The molecule has 2 aromatic rings. The Labute approximate surface area is 149 Å². The van der Waals surface area contributed by atoms with E-state index in [2.05, 4.69) is 20.6 Å². The Kier molecular flexibility index (Phi) is 6.94. The van der Waals surface area contributed by atoms with Gasteiger partial charge >= 0.3 is 5.69 Å². The Bertz CT molecular complexity index is 842. The minimum absolute atomic E-state index is 0. The first kappa shape index (κ1) is 20.1. The summed E-state index contributed by atoms with van der Waals surface area (Å²) in [5.41, 5.74) is -0.512. The third-order valence-electron chi connectivity index (χ3n) is 3.85. The van der Waals surface area contributed by atoms with E-state index in [1.807, 2.05) is 0 Å². The Hall–Kier alpha value is -1.90. The molecule has 0 saturated carbocycles. The number of rotatable bonds is 2. The zero-order valence-corrected chi connectivity index (χ0v) is 14.6. The molecule has 1 fully saturated rings. The monoisotopic (exact) mass is 375 g/mol. The van der Waals surface area contributed by atoms with Crippen molar-refractivity contribution in [1.82, 2.24) is 25.2 Å². The number of nitrogens with one attached hydrogen (secondary N) is 3. The van der Waals surface area contributed by atoms with Crippen molar-refractivity contribution in [3.8, 4) is 0 Å². The molecule has 1 atom stereocenters. The van der Waals surface area contributed by atoms with E-state index in [0.717, 1.165) is 25.9 Å². The SMILES string of the molecule is Cl.Cl.Cn1c(=O)[nH]c(=O)c2cc(C(=O)N[C@H]3CCCNC3)cnc21. The average Bonchev–Trinajstić information content (AvgIpc) is 2.53. The Balaban J connectivity index is 0.00000144. The minimum Gasteiger partial charge on any atom is -0.348 e. The number of amides is 1. The molecule has 0 bridgehead atoms. The maximum atomic E-state index is 12.3. The lowest BCUT2D eigenvalue weighted by Crippen LogP contribution is -2.45. The van der Waals surface area contributed by atoms with Crippen LogP contribution in [0.3, 0.4) is 0 Å². The third-order valence-corrected chi connectivity index (χ3v) is 3.85. The Morgan fingerprint density at radius 2 is 2.12 bits per heavy atom. The van der Waals surface area contributed by atoms with Crippen molar-refractivity contribution >= 4 is 41.8 Å². The molecule has 0 spiro atoms. The highest BCUT2D eigenvalue weighted by Crippen LogP contribution is 2.08. The molecule has 24 heavy (non-hydrogen) atoms. The first-order valence-corrected chi connectivity index (χ1v) is 7.17. The van der Waals surface area contributed by atoms with E-state index in [9.17, 15) is 14.4 Å². The molecular weight excluding hydrogens is 357 g/mol. The molecule has 0 unspecified atom stereocenters. The Morgan fingerprint density at radius 1 is 1.38 bits per heavy atom. The molecule has 8 nitrogen and oxygen atoms in total. The molecule has 3 rings (SSSR count). The number of nitrogens with zero attached hydrogens (tertiary/aromatic N) is 2. The summed E-state index contributed by atoms with van der Waals surface area (Å²) in [6, 6.07) is 1.54. The zero-order valence-electron chi connectivity index (χ0n) is 13.0. The van der Waals surface area contributed by atoms with E-state index in [4.69, 9.17) is 0 Å². The van der Waals surface area contributed by atoms with E-state index >= 15 is 0 Å². The van der Waals surface area contributed by atoms with Crippen molar-refractivity contribution in [3.05, 3.63) is 38.7 Å². The van der Waals surface area contributed by atoms with Gasteiger partial charge in [-0.1, -0.05) is 0 Å². The van der Waals surface area contributed by atoms with E-state index in [0.29, 0.717) is 5.56 Å². The smallest absolute Gasteiger partial charge is 0.329 e. The number of hydrogen-bond donors (Lipinski definition) is 3. The Morgan fingerprint density at radius 3 is 2.79 bits per heavy atom. The van der Waals surface area contributed by atoms with Gasteiger partial charge in [-0.25, -0.2) is 9.78 Å². The molecule has 1 saturated heterocycles. The highest BCUT2D eigenvalue weighted by molar-refractivity contribution is 5.96. The van der Waals surface area contributed by atoms with Crippen LogP contribution in [0.15, 0.2) is 21.9 Å². The molecule has 0 radical (unpaired) electrons. The number of fused-ring (bicyclic) bond motifs is 1. The van der Waals surface area contributed by atoms with Gasteiger partial charge in [0.15, 0.2) is 0 Å². The van der Waals surface area contributed by atoms with Gasteiger partial charge in [0.2, 0.25) is 0 Å². The van der Waals surface area contributed by atoms with Crippen molar-refractivity contribution in [2.75, 3.05) is 13.1 Å². The quantitative estimate of drug-likeness (QED) is 0.681. The second-order valence-electron chi connectivity index (χ2n) is 5.43. The molecule has 2 aromatic heterocycles. The second kappa shape index (κ2) is 8.27. The molecule has 3 heterocycles. The van der Waals surface area contributed by atoms with Crippen LogP contribution < -0.4 is 21.9 Å². The molecule has 1 aliphatic rings. The normalized spacial score (nSPS) is 16.8. The fraction of sp³-hybridized carbons (Fsp3) is 0.429. The molecule has 3 N–H and O–H groups in total. The highest BCUT2D eigenvalue weighted by atomic mass is 35.5. The number of H-pyrrole nitrogens is 1. The molecule has 132 valence electrons. The molecule has 10 heteroatoms. The number of aromatic nitrogens is 3. The van der Waals surface area contributed by atoms with E-state index < -0.39 is 11.2 Å². The number of pyridine rings is 1.